The third kappa shape index (κ3) is 4.04. The maximum atomic E-state index is 12.4. The van der Waals surface area contributed by atoms with E-state index in [-0.39, 0.29) is 0 Å². The molecule has 1 aromatic carbocycles. The van der Waals surface area contributed by atoms with Crippen LogP contribution in [-0.4, -0.2) is 39.4 Å². The molecule has 1 saturated carbocycles. The third-order valence-electron chi connectivity index (χ3n) is 3.68. The minimum Gasteiger partial charge on any atom is -0.317 e. The fraction of sp³-hybridized carbons (Fsp3) is 0.600. The summed E-state index contributed by atoms with van der Waals surface area (Å²) in [5.74, 6) is 0.564. The van der Waals surface area contributed by atoms with Crippen LogP contribution in [0.25, 0.3) is 0 Å². The van der Waals surface area contributed by atoms with Gasteiger partial charge in [-0.25, -0.2) is 12.7 Å². The van der Waals surface area contributed by atoms with Crippen molar-refractivity contribution < 1.29 is 8.42 Å². The van der Waals surface area contributed by atoms with E-state index >= 15 is 0 Å². The monoisotopic (exact) mass is 296 g/mol. The Morgan fingerprint density at radius 1 is 1.25 bits per heavy atom. The van der Waals surface area contributed by atoms with Crippen LogP contribution in [0.1, 0.15) is 25.3 Å². The second-order valence-electron chi connectivity index (χ2n) is 5.48. The summed E-state index contributed by atoms with van der Waals surface area (Å²) >= 11 is 0. The highest BCUT2D eigenvalue weighted by Gasteiger charge is 2.28. The normalized spacial score (nSPS) is 15.8. The van der Waals surface area contributed by atoms with E-state index in [1.807, 2.05) is 12.1 Å². The van der Waals surface area contributed by atoms with Crippen molar-refractivity contribution in [3.63, 3.8) is 0 Å². The lowest BCUT2D eigenvalue weighted by Gasteiger charge is -2.17. The van der Waals surface area contributed by atoms with Crippen LogP contribution in [0.4, 0.5) is 0 Å². The Morgan fingerprint density at radius 2 is 1.90 bits per heavy atom. The van der Waals surface area contributed by atoms with Crippen molar-refractivity contribution in [1.82, 2.24) is 9.62 Å². The predicted octanol–water partition coefficient (Wildman–Crippen LogP) is 1.87. The van der Waals surface area contributed by atoms with E-state index in [1.165, 1.54) is 4.31 Å². The largest absolute Gasteiger partial charge is 0.317 e. The van der Waals surface area contributed by atoms with Crippen LogP contribution in [0.2, 0.25) is 0 Å². The molecule has 1 aromatic rings. The number of nitrogens with zero attached hydrogens (tertiary/aromatic N) is 1. The Balaban J connectivity index is 2.00. The van der Waals surface area contributed by atoms with Gasteiger partial charge >= 0.3 is 0 Å². The average molecular weight is 296 g/mol. The van der Waals surface area contributed by atoms with E-state index in [1.54, 1.807) is 19.2 Å². The standard InChI is InChI=1S/C15H24N2O2S/c1-3-16-11-10-13-6-8-15(9-7-13)20(18,19)17(2)12-14-4-5-14/h6-9,14,16H,3-5,10-12H2,1-2H3. The molecule has 0 aromatic heterocycles. The van der Waals surface area contributed by atoms with Gasteiger partial charge in [0.25, 0.3) is 0 Å². The second-order valence-corrected chi connectivity index (χ2v) is 7.52. The van der Waals surface area contributed by atoms with E-state index < -0.39 is 10.0 Å². The van der Waals surface area contributed by atoms with Crippen LogP contribution in [0.5, 0.6) is 0 Å². The van der Waals surface area contributed by atoms with E-state index in [9.17, 15) is 8.42 Å². The quantitative estimate of drug-likeness (QED) is 0.745. The molecule has 0 heterocycles. The first-order chi connectivity index (χ1) is 9.54. The lowest BCUT2D eigenvalue weighted by Crippen LogP contribution is -2.28. The highest BCUT2D eigenvalue weighted by molar-refractivity contribution is 7.89. The van der Waals surface area contributed by atoms with Crippen LogP contribution in [-0.2, 0) is 16.4 Å². The van der Waals surface area contributed by atoms with Crippen molar-refractivity contribution in [3.05, 3.63) is 29.8 Å². The molecular formula is C15H24N2O2S. The number of rotatable bonds is 8. The lowest BCUT2D eigenvalue weighted by atomic mass is 10.1. The van der Waals surface area contributed by atoms with Crippen molar-refractivity contribution in [2.75, 3.05) is 26.7 Å². The topological polar surface area (TPSA) is 49.4 Å². The minimum absolute atomic E-state index is 0.396. The lowest BCUT2D eigenvalue weighted by molar-refractivity contribution is 0.453. The van der Waals surface area contributed by atoms with Crippen LogP contribution < -0.4 is 5.32 Å². The molecule has 5 heteroatoms. The molecule has 112 valence electrons. The first-order valence-electron chi connectivity index (χ1n) is 7.30. The van der Waals surface area contributed by atoms with Crippen LogP contribution in [0.15, 0.2) is 29.2 Å². The third-order valence-corrected chi connectivity index (χ3v) is 5.52. The van der Waals surface area contributed by atoms with E-state index in [0.717, 1.165) is 37.9 Å². The van der Waals surface area contributed by atoms with Crippen molar-refractivity contribution >= 4 is 10.0 Å². The van der Waals surface area contributed by atoms with Gasteiger partial charge in [-0.15, -0.1) is 0 Å². The van der Waals surface area contributed by atoms with Crippen molar-refractivity contribution in [2.45, 2.75) is 31.1 Å². The van der Waals surface area contributed by atoms with Gasteiger partial charge in [-0.2, -0.15) is 0 Å². The molecule has 0 bridgehead atoms. The first-order valence-corrected chi connectivity index (χ1v) is 8.74. The van der Waals surface area contributed by atoms with Gasteiger partial charge in [0.15, 0.2) is 0 Å². The summed E-state index contributed by atoms with van der Waals surface area (Å²) < 4.78 is 26.2. The summed E-state index contributed by atoms with van der Waals surface area (Å²) in [5, 5.41) is 3.26. The van der Waals surface area contributed by atoms with Crippen molar-refractivity contribution in [1.29, 1.82) is 0 Å². The smallest absolute Gasteiger partial charge is 0.242 e. The molecule has 0 saturated heterocycles. The predicted molar refractivity (Wildman–Crippen MR) is 81.2 cm³/mol. The maximum Gasteiger partial charge on any atom is 0.242 e. The fourth-order valence-electron chi connectivity index (χ4n) is 2.18. The molecule has 1 aliphatic rings. The molecule has 20 heavy (non-hydrogen) atoms. The number of benzene rings is 1. The van der Waals surface area contributed by atoms with E-state index in [0.29, 0.717) is 17.4 Å². The van der Waals surface area contributed by atoms with Gasteiger partial charge in [0.2, 0.25) is 10.0 Å². The Bertz CT molecular complexity index is 521. The van der Waals surface area contributed by atoms with E-state index in [4.69, 9.17) is 0 Å². The van der Waals surface area contributed by atoms with Gasteiger partial charge in [0.1, 0.15) is 0 Å². The van der Waals surface area contributed by atoms with Gasteiger partial charge in [-0.3, -0.25) is 0 Å². The van der Waals surface area contributed by atoms with Gasteiger partial charge in [0, 0.05) is 13.6 Å². The molecule has 0 atom stereocenters. The Labute approximate surface area is 122 Å². The molecule has 4 nitrogen and oxygen atoms in total. The van der Waals surface area contributed by atoms with Crippen molar-refractivity contribution in [2.24, 2.45) is 5.92 Å². The summed E-state index contributed by atoms with van der Waals surface area (Å²) in [6.45, 7) is 4.60. The SMILES string of the molecule is CCNCCc1ccc(S(=O)(=O)N(C)CC2CC2)cc1. The molecule has 0 aliphatic heterocycles. The number of likely N-dealkylation sites (N-methyl/N-ethyl adjacent to an activating group) is 1. The summed E-state index contributed by atoms with van der Waals surface area (Å²) in [6, 6.07) is 7.27. The zero-order valence-corrected chi connectivity index (χ0v) is 13.1. The molecule has 0 spiro atoms. The number of hydrogen-bond donors (Lipinski definition) is 1. The first kappa shape index (κ1) is 15.5. The molecule has 2 rings (SSSR count). The zero-order valence-electron chi connectivity index (χ0n) is 12.3. The van der Waals surface area contributed by atoms with Gasteiger partial charge in [0.05, 0.1) is 4.90 Å². The molecule has 1 N–H and O–H groups in total. The van der Waals surface area contributed by atoms with Crippen LogP contribution in [0, 0.1) is 5.92 Å². The molecule has 0 amide bonds. The summed E-state index contributed by atoms with van der Waals surface area (Å²) in [4.78, 5) is 0.396. The fourth-order valence-corrected chi connectivity index (χ4v) is 3.43. The second kappa shape index (κ2) is 6.70. The molecule has 0 unspecified atom stereocenters. The Kier molecular flexibility index (Phi) is 5.18. The number of nitrogens with one attached hydrogen (secondary N) is 1. The average Bonchev–Trinajstić information content (AvgIpc) is 3.23. The summed E-state index contributed by atoms with van der Waals surface area (Å²) in [6.07, 6.45) is 3.23. The molecule has 1 fully saturated rings. The van der Waals surface area contributed by atoms with Gasteiger partial charge in [-0.05, 0) is 56.0 Å². The van der Waals surface area contributed by atoms with Crippen molar-refractivity contribution in [3.8, 4) is 0 Å². The summed E-state index contributed by atoms with van der Waals surface area (Å²) in [5.41, 5.74) is 1.16. The minimum atomic E-state index is -3.32. The summed E-state index contributed by atoms with van der Waals surface area (Å²) in [7, 11) is -1.64. The molecule has 1 aliphatic carbocycles. The Morgan fingerprint density at radius 3 is 2.45 bits per heavy atom. The number of sulfonamides is 1. The van der Waals surface area contributed by atoms with E-state index in [2.05, 4.69) is 12.2 Å². The maximum absolute atomic E-state index is 12.4. The highest BCUT2D eigenvalue weighted by atomic mass is 32.2. The zero-order chi connectivity index (χ0) is 14.6. The Hall–Kier alpha value is -0.910. The molecule has 0 radical (unpaired) electrons. The van der Waals surface area contributed by atoms with Gasteiger partial charge < -0.3 is 5.32 Å². The molecular weight excluding hydrogens is 272 g/mol. The van der Waals surface area contributed by atoms with Gasteiger partial charge in [-0.1, -0.05) is 19.1 Å². The van der Waals surface area contributed by atoms with Crippen LogP contribution >= 0.6 is 0 Å². The highest BCUT2D eigenvalue weighted by Crippen LogP contribution is 2.30. The van der Waals surface area contributed by atoms with Crippen LogP contribution in [0.3, 0.4) is 0 Å². The number of hydrogen-bond acceptors (Lipinski definition) is 3.